The number of rotatable bonds is 4. The highest BCUT2D eigenvalue weighted by Crippen LogP contribution is 2.52. The van der Waals surface area contributed by atoms with Crippen LogP contribution < -0.4 is 19.5 Å². The van der Waals surface area contributed by atoms with Crippen LogP contribution in [0.1, 0.15) is 28.8 Å². The highest BCUT2D eigenvalue weighted by atomic mass is 19.1. The minimum atomic E-state index is -0.607. The summed E-state index contributed by atoms with van der Waals surface area (Å²) in [6.07, 6.45) is 0.854. The summed E-state index contributed by atoms with van der Waals surface area (Å²) in [5, 5.41) is 7.85. The van der Waals surface area contributed by atoms with Gasteiger partial charge in [0.15, 0.2) is 6.10 Å². The van der Waals surface area contributed by atoms with E-state index in [1.807, 2.05) is 48.5 Å². The number of fused-ring (bicyclic) bond motifs is 3. The maximum atomic E-state index is 15.2. The van der Waals surface area contributed by atoms with Gasteiger partial charge in [-0.15, -0.1) is 0 Å². The molecule has 0 fully saturated rings. The molecule has 1 aromatic heterocycles. The molecule has 0 saturated heterocycles. The normalized spacial score (nSPS) is 18.2. The topological polar surface area (TPSA) is 70.4 Å². The van der Waals surface area contributed by atoms with Gasteiger partial charge in [-0.2, -0.15) is 10.1 Å². The fourth-order valence-electron chi connectivity index (χ4n) is 4.72. The van der Waals surface area contributed by atoms with Crippen LogP contribution in [0.5, 0.6) is 17.2 Å². The number of benzene rings is 3. The lowest BCUT2D eigenvalue weighted by atomic mass is 9.84. The molecule has 3 aromatic carbocycles. The maximum Gasteiger partial charge on any atom is 0.226 e. The van der Waals surface area contributed by atoms with Crippen molar-refractivity contribution in [1.82, 2.24) is 14.8 Å². The fourth-order valence-corrected chi connectivity index (χ4v) is 4.72. The first-order valence-electron chi connectivity index (χ1n) is 10.8. The lowest BCUT2D eigenvalue weighted by Gasteiger charge is -2.39. The zero-order chi connectivity index (χ0) is 23.2. The van der Waals surface area contributed by atoms with Crippen molar-refractivity contribution in [3.8, 4) is 17.2 Å². The van der Waals surface area contributed by atoms with Gasteiger partial charge >= 0.3 is 0 Å². The van der Waals surface area contributed by atoms with Crippen molar-refractivity contribution in [2.24, 2.45) is 0 Å². The summed E-state index contributed by atoms with van der Waals surface area (Å²) >= 11 is 0. The van der Waals surface area contributed by atoms with Crippen LogP contribution in [-0.4, -0.2) is 29.0 Å². The third-order valence-electron chi connectivity index (χ3n) is 6.24. The van der Waals surface area contributed by atoms with Crippen molar-refractivity contribution >= 4 is 11.6 Å². The molecule has 2 aliphatic heterocycles. The Morgan fingerprint density at radius 1 is 0.971 bits per heavy atom. The molecule has 7 nitrogen and oxygen atoms in total. The van der Waals surface area contributed by atoms with Gasteiger partial charge in [0, 0.05) is 22.3 Å². The summed E-state index contributed by atoms with van der Waals surface area (Å²) in [4.78, 5) is 4.38. The van der Waals surface area contributed by atoms with E-state index < -0.39 is 12.1 Å². The van der Waals surface area contributed by atoms with Crippen molar-refractivity contribution in [2.45, 2.75) is 12.1 Å². The third-order valence-corrected chi connectivity index (χ3v) is 6.24. The number of hydrogen-bond acceptors (Lipinski definition) is 6. The molecule has 0 amide bonds. The minimum absolute atomic E-state index is 0.335. The van der Waals surface area contributed by atoms with Crippen LogP contribution in [0.4, 0.5) is 10.3 Å². The highest BCUT2D eigenvalue weighted by molar-refractivity contribution is 5.85. The van der Waals surface area contributed by atoms with Gasteiger partial charge in [-0.05, 0) is 36.4 Å². The molecular formula is C26H21FN4O3. The van der Waals surface area contributed by atoms with Gasteiger partial charge < -0.3 is 19.5 Å². The number of nitrogens with one attached hydrogen (secondary N) is 1. The van der Waals surface area contributed by atoms with E-state index in [0.29, 0.717) is 28.8 Å². The smallest absolute Gasteiger partial charge is 0.226 e. The number of hydrogen-bond donors (Lipinski definition) is 1. The molecule has 1 N–H and O–H groups in total. The van der Waals surface area contributed by atoms with Gasteiger partial charge in [0.1, 0.15) is 35.4 Å². The molecule has 0 saturated carbocycles. The number of methoxy groups -OCH3 is 2. The van der Waals surface area contributed by atoms with Crippen LogP contribution in [0.25, 0.3) is 5.70 Å². The standard InChI is InChI=1S/C26H21FN4O3/c1-32-15-11-12-20(33-2)18(13-15)25-22-23(17-8-4-6-10-21(17)34-25)30-26-28-14-29-31(26)24(22)16-7-3-5-9-19(16)27/h3-14,24-25H,1-2H3,(H,28,29,30)/t24-,25+/m0/s1. The number of anilines is 1. The Kier molecular flexibility index (Phi) is 4.72. The van der Waals surface area contributed by atoms with E-state index in [1.165, 1.54) is 12.4 Å². The first-order valence-corrected chi connectivity index (χ1v) is 10.8. The van der Waals surface area contributed by atoms with Crippen molar-refractivity contribution in [3.63, 3.8) is 0 Å². The number of para-hydroxylation sites is 1. The van der Waals surface area contributed by atoms with E-state index in [-0.39, 0.29) is 5.82 Å². The average Bonchev–Trinajstić information content (AvgIpc) is 3.35. The predicted octanol–water partition coefficient (Wildman–Crippen LogP) is 4.99. The third kappa shape index (κ3) is 3.02. The number of ether oxygens (including phenoxy) is 3. The number of aromatic nitrogens is 3. The summed E-state index contributed by atoms with van der Waals surface area (Å²) in [5.74, 6) is 2.18. The zero-order valence-corrected chi connectivity index (χ0v) is 18.5. The molecule has 0 aliphatic carbocycles. The first-order chi connectivity index (χ1) is 16.7. The van der Waals surface area contributed by atoms with E-state index in [9.17, 15) is 0 Å². The summed E-state index contributed by atoms with van der Waals surface area (Å²) in [6, 6.07) is 19.4. The monoisotopic (exact) mass is 456 g/mol. The molecule has 2 aliphatic rings. The Balaban J connectivity index is 1.66. The molecule has 6 rings (SSSR count). The zero-order valence-electron chi connectivity index (χ0n) is 18.5. The molecule has 8 heteroatoms. The number of halogens is 1. The Morgan fingerprint density at radius 3 is 2.62 bits per heavy atom. The largest absolute Gasteiger partial charge is 0.497 e. The van der Waals surface area contributed by atoms with Crippen molar-refractivity contribution < 1.29 is 18.6 Å². The minimum Gasteiger partial charge on any atom is -0.497 e. The van der Waals surface area contributed by atoms with Crippen LogP contribution in [-0.2, 0) is 0 Å². The summed E-state index contributed by atoms with van der Waals surface area (Å²) in [6.45, 7) is 0. The van der Waals surface area contributed by atoms with Crippen LogP contribution >= 0.6 is 0 Å². The van der Waals surface area contributed by atoms with E-state index in [1.54, 1.807) is 31.0 Å². The Hall–Kier alpha value is -4.33. The van der Waals surface area contributed by atoms with E-state index in [4.69, 9.17) is 14.2 Å². The first kappa shape index (κ1) is 20.3. The lowest BCUT2D eigenvalue weighted by Crippen LogP contribution is -2.33. The maximum absolute atomic E-state index is 15.2. The second kappa shape index (κ2) is 7.91. The van der Waals surface area contributed by atoms with Crippen LogP contribution in [0.15, 0.2) is 78.6 Å². The van der Waals surface area contributed by atoms with E-state index in [0.717, 1.165) is 22.4 Å². The van der Waals surface area contributed by atoms with Gasteiger partial charge in [0.2, 0.25) is 5.95 Å². The lowest BCUT2D eigenvalue weighted by molar-refractivity contribution is 0.216. The molecule has 34 heavy (non-hydrogen) atoms. The van der Waals surface area contributed by atoms with Crippen LogP contribution in [0.2, 0.25) is 0 Å². The molecule has 0 unspecified atom stereocenters. The SMILES string of the molecule is COc1ccc(OC)c([C@H]2Oc3ccccc3C3=C2[C@H](c2ccccc2F)n2ncnc2N3)c1. The molecule has 3 heterocycles. The second-order valence-corrected chi connectivity index (χ2v) is 8.01. The molecule has 0 spiro atoms. The Bertz CT molecular complexity index is 1430. The van der Waals surface area contributed by atoms with Gasteiger partial charge in [0.25, 0.3) is 0 Å². The molecule has 2 atom stereocenters. The highest BCUT2D eigenvalue weighted by Gasteiger charge is 2.42. The predicted molar refractivity (Wildman–Crippen MR) is 124 cm³/mol. The van der Waals surface area contributed by atoms with E-state index in [2.05, 4.69) is 15.4 Å². The Labute approximate surface area is 195 Å². The molecular weight excluding hydrogens is 435 g/mol. The average molecular weight is 456 g/mol. The summed E-state index contributed by atoms with van der Waals surface area (Å²) in [5.41, 5.74) is 3.71. The van der Waals surface area contributed by atoms with Crippen LogP contribution in [0.3, 0.4) is 0 Å². The number of nitrogens with zero attached hydrogens (tertiary/aromatic N) is 3. The van der Waals surface area contributed by atoms with E-state index >= 15 is 4.39 Å². The Morgan fingerprint density at radius 2 is 1.79 bits per heavy atom. The van der Waals surface area contributed by atoms with Crippen molar-refractivity contribution in [2.75, 3.05) is 19.5 Å². The van der Waals surface area contributed by atoms with Crippen LogP contribution in [0, 0.1) is 5.82 Å². The van der Waals surface area contributed by atoms with Gasteiger partial charge in [0.05, 0.1) is 19.9 Å². The fraction of sp³-hybridized carbons (Fsp3) is 0.154. The van der Waals surface area contributed by atoms with Crippen molar-refractivity contribution in [1.29, 1.82) is 0 Å². The van der Waals surface area contributed by atoms with Gasteiger partial charge in [-0.25, -0.2) is 9.07 Å². The molecule has 0 bridgehead atoms. The van der Waals surface area contributed by atoms with Gasteiger partial charge in [-0.3, -0.25) is 0 Å². The summed E-state index contributed by atoms with van der Waals surface area (Å²) in [7, 11) is 3.22. The molecule has 0 radical (unpaired) electrons. The second-order valence-electron chi connectivity index (χ2n) is 8.01. The quantitative estimate of drug-likeness (QED) is 0.466. The summed E-state index contributed by atoms with van der Waals surface area (Å²) < 4.78 is 34.7. The molecule has 4 aromatic rings. The van der Waals surface area contributed by atoms with Gasteiger partial charge in [-0.1, -0.05) is 30.3 Å². The van der Waals surface area contributed by atoms with Crippen molar-refractivity contribution in [3.05, 3.63) is 101 Å². The molecule has 170 valence electrons.